The third-order valence-electron chi connectivity index (χ3n) is 2.75. The molecule has 0 bridgehead atoms. The van der Waals surface area contributed by atoms with Crippen LogP contribution in [0.5, 0.6) is 0 Å². The zero-order valence-electron chi connectivity index (χ0n) is 11.4. The van der Waals surface area contributed by atoms with E-state index < -0.39 is 5.97 Å². The van der Waals surface area contributed by atoms with Gasteiger partial charge in [0, 0.05) is 16.3 Å². The molecule has 0 aliphatic rings. The molecule has 0 amide bonds. The molecule has 0 radical (unpaired) electrons. The second-order valence-corrected chi connectivity index (χ2v) is 6.61. The molecule has 0 saturated heterocycles. The van der Waals surface area contributed by atoms with Gasteiger partial charge in [0.2, 0.25) is 0 Å². The first kappa shape index (κ1) is 14.9. The SMILES string of the molecule is Cc1cc(SCCC(=O)O)cc(C(C)(C)C)c1N. The second-order valence-electron chi connectivity index (χ2n) is 5.44. The number of carboxylic acid groups (broad SMARTS) is 1. The van der Waals surface area contributed by atoms with Gasteiger partial charge >= 0.3 is 5.97 Å². The van der Waals surface area contributed by atoms with Gasteiger partial charge in [0.15, 0.2) is 0 Å². The molecule has 0 aliphatic carbocycles. The number of anilines is 1. The van der Waals surface area contributed by atoms with Crippen LogP contribution in [0.1, 0.15) is 38.3 Å². The van der Waals surface area contributed by atoms with Crippen LogP contribution in [0.15, 0.2) is 17.0 Å². The van der Waals surface area contributed by atoms with E-state index in [9.17, 15) is 4.79 Å². The van der Waals surface area contributed by atoms with Gasteiger partial charge in [0.25, 0.3) is 0 Å². The molecule has 0 unspecified atom stereocenters. The molecule has 0 spiro atoms. The predicted octanol–water partition coefficient (Wildman–Crippen LogP) is 3.44. The van der Waals surface area contributed by atoms with E-state index in [1.807, 2.05) is 13.0 Å². The van der Waals surface area contributed by atoms with Crippen molar-refractivity contribution in [2.24, 2.45) is 0 Å². The Kier molecular flexibility index (Phi) is 4.68. The highest BCUT2D eigenvalue weighted by Crippen LogP contribution is 2.34. The Balaban J connectivity index is 2.95. The summed E-state index contributed by atoms with van der Waals surface area (Å²) in [6, 6.07) is 4.10. The Morgan fingerprint density at radius 3 is 2.50 bits per heavy atom. The van der Waals surface area contributed by atoms with Crippen LogP contribution in [0.2, 0.25) is 0 Å². The van der Waals surface area contributed by atoms with Crippen LogP contribution < -0.4 is 5.73 Å². The van der Waals surface area contributed by atoms with Crippen molar-refractivity contribution in [1.29, 1.82) is 0 Å². The first-order chi connectivity index (χ1) is 8.21. The molecule has 4 heteroatoms. The molecule has 1 aromatic rings. The average molecular weight is 267 g/mol. The molecule has 0 atom stereocenters. The molecule has 0 heterocycles. The minimum Gasteiger partial charge on any atom is -0.481 e. The molecule has 18 heavy (non-hydrogen) atoms. The van der Waals surface area contributed by atoms with Gasteiger partial charge in [-0.15, -0.1) is 11.8 Å². The first-order valence-corrected chi connectivity index (χ1v) is 6.95. The molecule has 0 fully saturated rings. The minimum atomic E-state index is -0.759. The van der Waals surface area contributed by atoms with Crippen LogP contribution in [0.3, 0.4) is 0 Å². The van der Waals surface area contributed by atoms with E-state index in [1.54, 1.807) is 11.8 Å². The van der Waals surface area contributed by atoms with Crippen molar-refractivity contribution in [3.05, 3.63) is 23.3 Å². The number of hydrogen-bond acceptors (Lipinski definition) is 3. The molecule has 1 aromatic carbocycles. The van der Waals surface area contributed by atoms with Crippen LogP contribution in [-0.4, -0.2) is 16.8 Å². The number of thioether (sulfide) groups is 1. The maximum atomic E-state index is 10.5. The summed E-state index contributed by atoms with van der Waals surface area (Å²) in [5.74, 6) is -0.173. The molecule has 1 rings (SSSR count). The number of rotatable bonds is 4. The Labute approximate surface area is 113 Å². The van der Waals surface area contributed by atoms with Crippen molar-refractivity contribution in [2.45, 2.75) is 44.4 Å². The quantitative estimate of drug-likeness (QED) is 0.648. The van der Waals surface area contributed by atoms with E-state index in [1.165, 1.54) is 0 Å². The molecule has 0 aromatic heterocycles. The van der Waals surface area contributed by atoms with Crippen molar-refractivity contribution in [2.75, 3.05) is 11.5 Å². The second kappa shape index (κ2) is 5.65. The van der Waals surface area contributed by atoms with Crippen molar-refractivity contribution >= 4 is 23.4 Å². The van der Waals surface area contributed by atoms with E-state index in [2.05, 4.69) is 26.8 Å². The lowest BCUT2D eigenvalue weighted by molar-refractivity contribution is -0.136. The monoisotopic (exact) mass is 267 g/mol. The Morgan fingerprint density at radius 2 is 2.00 bits per heavy atom. The van der Waals surface area contributed by atoms with E-state index in [4.69, 9.17) is 10.8 Å². The molecular weight excluding hydrogens is 246 g/mol. The number of aliphatic carboxylic acids is 1. The van der Waals surface area contributed by atoms with Gasteiger partial charge in [-0.1, -0.05) is 20.8 Å². The summed E-state index contributed by atoms with van der Waals surface area (Å²) in [7, 11) is 0. The number of nitrogens with two attached hydrogens (primary N) is 1. The normalized spacial score (nSPS) is 11.6. The zero-order chi connectivity index (χ0) is 13.9. The number of aryl methyl sites for hydroxylation is 1. The van der Waals surface area contributed by atoms with Crippen LogP contribution in [0, 0.1) is 6.92 Å². The standard InChI is InChI=1S/C14H21NO2S/c1-9-7-10(18-6-5-12(16)17)8-11(13(9)15)14(2,3)4/h7-8H,5-6,15H2,1-4H3,(H,16,17). The van der Waals surface area contributed by atoms with Crippen LogP contribution in [-0.2, 0) is 10.2 Å². The summed E-state index contributed by atoms with van der Waals surface area (Å²) in [6.07, 6.45) is 0.180. The predicted molar refractivity (Wildman–Crippen MR) is 77.3 cm³/mol. The molecule has 3 nitrogen and oxygen atoms in total. The lowest BCUT2D eigenvalue weighted by Crippen LogP contribution is -2.15. The summed E-state index contributed by atoms with van der Waals surface area (Å²) >= 11 is 1.57. The van der Waals surface area contributed by atoms with Gasteiger partial charge in [-0.25, -0.2) is 0 Å². The smallest absolute Gasteiger partial charge is 0.304 e. The fourth-order valence-electron chi connectivity index (χ4n) is 1.73. The van der Waals surface area contributed by atoms with Crippen molar-refractivity contribution in [3.63, 3.8) is 0 Å². The van der Waals surface area contributed by atoms with Gasteiger partial charge in [-0.05, 0) is 35.6 Å². The molecule has 0 aliphatic heterocycles. The molecule has 3 N–H and O–H groups in total. The van der Waals surface area contributed by atoms with Crippen LogP contribution in [0.25, 0.3) is 0 Å². The van der Waals surface area contributed by atoms with Crippen LogP contribution in [0.4, 0.5) is 5.69 Å². The lowest BCUT2D eigenvalue weighted by Gasteiger charge is -2.23. The van der Waals surface area contributed by atoms with Crippen molar-refractivity contribution in [3.8, 4) is 0 Å². The Morgan fingerprint density at radius 1 is 1.39 bits per heavy atom. The summed E-state index contributed by atoms with van der Waals surface area (Å²) in [6.45, 7) is 8.38. The Hall–Kier alpha value is -1.16. The first-order valence-electron chi connectivity index (χ1n) is 5.97. The highest BCUT2D eigenvalue weighted by molar-refractivity contribution is 7.99. The number of benzene rings is 1. The number of hydrogen-bond donors (Lipinski definition) is 2. The molecule has 0 saturated carbocycles. The summed E-state index contributed by atoms with van der Waals surface area (Å²) in [4.78, 5) is 11.6. The van der Waals surface area contributed by atoms with E-state index in [-0.39, 0.29) is 11.8 Å². The van der Waals surface area contributed by atoms with Gasteiger partial charge in [0.1, 0.15) is 0 Å². The third kappa shape index (κ3) is 3.95. The molecular formula is C14H21NO2S. The third-order valence-corrected chi connectivity index (χ3v) is 3.73. The number of nitrogen functional groups attached to an aromatic ring is 1. The zero-order valence-corrected chi connectivity index (χ0v) is 12.2. The molecule has 100 valence electrons. The lowest BCUT2D eigenvalue weighted by atomic mass is 9.85. The highest BCUT2D eigenvalue weighted by atomic mass is 32.2. The van der Waals surface area contributed by atoms with Crippen LogP contribution >= 0.6 is 11.8 Å². The summed E-state index contributed by atoms with van der Waals surface area (Å²) in [5, 5.41) is 8.64. The van der Waals surface area contributed by atoms with E-state index >= 15 is 0 Å². The number of carbonyl (C=O) groups is 1. The summed E-state index contributed by atoms with van der Waals surface area (Å²) < 4.78 is 0. The van der Waals surface area contributed by atoms with Gasteiger partial charge in [-0.2, -0.15) is 0 Å². The van der Waals surface area contributed by atoms with Crippen molar-refractivity contribution in [1.82, 2.24) is 0 Å². The van der Waals surface area contributed by atoms with Gasteiger partial charge in [-0.3, -0.25) is 4.79 Å². The van der Waals surface area contributed by atoms with E-state index in [0.29, 0.717) is 5.75 Å². The number of carboxylic acids is 1. The maximum absolute atomic E-state index is 10.5. The largest absolute Gasteiger partial charge is 0.481 e. The minimum absolute atomic E-state index is 0.00177. The average Bonchev–Trinajstić information content (AvgIpc) is 2.20. The fourth-order valence-corrected chi connectivity index (χ4v) is 2.70. The van der Waals surface area contributed by atoms with E-state index in [0.717, 1.165) is 21.7 Å². The highest BCUT2D eigenvalue weighted by Gasteiger charge is 2.19. The van der Waals surface area contributed by atoms with Gasteiger partial charge in [0.05, 0.1) is 6.42 Å². The topological polar surface area (TPSA) is 63.3 Å². The maximum Gasteiger partial charge on any atom is 0.304 e. The summed E-state index contributed by atoms with van der Waals surface area (Å²) in [5.41, 5.74) is 9.13. The van der Waals surface area contributed by atoms with Crippen molar-refractivity contribution < 1.29 is 9.90 Å². The Bertz CT molecular complexity index is 450. The van der Waals surface area contributed by atoms with Gasteiger partial charge < -0.3 is 10.8 Å². The fraction of sp³-hybridized carbons (Fsp3) is 0.500.